The number of nitrogens with zero attached hydrogens (tertiary/aromatic N) is 2. The number of carbonyl (C=O) groups excluding carboxylic acids is 3. The molecule has 0 aromatic carbocycles. The van der Waals surface area contributed by atoms with Crippen molar-refractivity contribution in [1.29, 1.82) is 0 Å². The minimum atomic E-state index is -4.65. The van der Waals surface area contributed by atoms with Gasteiger partial charge in [0.05, 0.1) is 20.3 Å². The Labute approximate surface area is 199 Å². The fourth-order valence-corrected chi connectivity index (χ4v) is 3.57. The van der Waals surface area contributed by atoms with Crippen LogP contribution in [-0.2, 0) is 42.1 Å². The molecule has 0 aliphatic heterocycles. The van der Waals surface area contributed by atoms with Gasteiger partial charge < -0.3 is 34.3 Å². The number of methoxy groups -OCH3 is 1. The average molecular weight is 513 g/mol. The minimum Gasteiger partial charge on any atom is -0.468 e. The van der Waals surface area contributed by atoms with Gasteiger partial charge in [0.15, 0.2) is 0 Å². The van der Waals surface area contributed by atoms with Crippen molar-refractivity contribution in [3.05, 3.63) is 0 Å². The van der Waals surface area contributed by atoms with Crippen molar-refractivity contribution in [1.82, 2.24) is 4.90 Å². The molecule has 2 atom stereocenters. The molecule has 0 aromatic rings. The molecule has 0 aromatic heterocycles. The van der Waals surface area contributed by atoms with E-state index < -0.39 is 56.4 Å². The first-order valence-electron chi connectivity index (χ1n) is 10.6. The zero-order chi connectivity index (χ0) is 26.5. The Morgan fingerprint density at radius 3 is 1.65 bits per heavy atom. The summed E-state index contributed by atoms with van der Waals surface area (Å²) in [5.74, 6) is -2.14. The fourth-order valence-electron chi connectivity index (χ4n) is 1.93. The molecule has 0 rings (SSSR count). The van der Waals surface area contributed by atoms with Gasteiger partial charge in [-0.05, 0) is 13.8 Å². The van der Waals surface area contributed by atoms with Crippen LogP contribution in [-0.4, -0.2) is 75.6 Å². The molecule has 0 radical (unpaired) electrons. The predicted molar refractivity (Wildman–Crippen MR) is 120 cm³/mol. The second-order valence-electron chi connectivity index (χ2n) is 7.40. The summed E-state index contributed by atoms with van der Waals surface area (Å²) in [5, 5.41) is 0. The SMILES string of the molecule is CCOC(=O)OC(OP(=O)(N=C(N)N(C)CC(=O)OC)OC(OC(=O)OCC)C(C)C)C(C)C. The molecule has 0 bridgehead atoms. The van der Waals surface area contributed by atoms with Gasteiger partial charge in [0, 0.05) is 18.9 Å². The van der Waals surface area contributed by atoms with Gasteiger partial charge >= 0.3 is 26.0 Å². The molecule has 0 aliphatic carbocycles. The highest BCUT2D eigenvalue weighted by Gasteiger charge is 2.39. The molecule has 14 nitrogen and oxygen atoms in total. The van der Waals surface area contributed by atoms with Gasteiger partial charge in [-0.15, -0.1) is 4.76 Å². The van der Waals surface area contributed by atoms with Crippen molar-refractivity contribution < 1.29 is 51.7 Å². The van der Waals surface area contributed by atoms with Crippen LogP contribution in [0.3, 0.4) is 0 Å². The van der Waals surface area contributed by atoms with Gasteiger partial charge in [0.25, 0.3) is 0 Å². The maximum atomic E-state index is 13.7. The Morgan fingerprint density at radius 2 is 1.32 bits per heavy atom. The van der Waals surface area contributed by atoms with Crippen LogP contribution in [0, 0.1) is 11.8 Å². The van der Waals surface area contributed by atoms with Crippen LogP contribution in [0.5, 0.6) is 0 Å². The number of ether oxygens (including phenoxy) is 5. The van der Waals surface area contributed by atoms with E-state index in [1.54, 1.807) is 41.5 Å². The Kier molecular flexibility index (Phi) is 14.2. The van der Waals surface area contributed by atoms with Crippen LogP contribution < -0.4 is 5.73 Å². The van der Waals surface area contributed by atoms with E-state index in [0.29, 0.717) is 0 Å². The van der Waals surface area contributed by atoms with Crippen LogP contribution in [0.4, 0.5) is 9.59 Å². The molecular weight excluding hydrogens is 477 g/mol. The van der Waals surface area contributed by atoms with E-state index >= 15 is 0 Å². The summed E-state index contributed by atoms with van der Waals surface area (Å²) in [4.78, 5) is 36.3. The molecule has 0 aliphatic rings. The van der Waals surface area contributed by atoms with E-state index in [1.165, 1.54) is 14.2 Å². The lowest BCUT2D eigenvalue weighted by molar-refractivity contribution is -0.140. The normalized spacial score (nSPS) is 15.2. The molecule has 2 unspecified atom stereocenters. The Bertz CT molecular complexity index is 707. The smallest absolute Gasteiger partial charge is 0.468 e. The number of esters is 1. The molecule has 198 valence electrons. The summed E-state index contributed by atoms with van der Waals surface area (Å²) in [6.07, 6.45) is -5.03. The lowest BCUT2D eigenvalue weighted by atomic mass is 10.2. The van der Waals surface area contributed by atoms with Gasteiger partial charge in [-0.3, -0.25) is 4.79 Å². The Morgan fingerprint density at radius 1 is 0.912 bits per heavy atom. The summed E-state index contributed by atoms with van der Waals surface area (Å²) in [7, 11) is -2.09. The summed E-state index contributed by atoms with van der Waals surface area (Å²) >= 11 is 0. The first-order valence-corrected chi connectivity index (χ1v) is 12.0. The highest BCUT2D eigenvalue weighted by Crippen LogP contribution is 2.54. The van der Waals surface area contributed by atoms with E-state index in [2.05, 4.69) is 9.50 Å². The highest BCUT2D eigenvalue weighted by molar-refractivity contribution is 7.52. The van der Waals surface area contributed by atoms with Crippen LogP contribution in [0.2, 0.25) is 0 Å². The first-order chi connectivity index (χ1) is 15.8. The molecule has 0 heterocycles. The monoisotopic (exact) mass is 513 g/mol. The predicted octanol–water partition coefficient (Wildman–Crippen LogP) is 2.86. The van der Waals surface area contributed by atoms with Gasteiger partial charge in [-0.2, -0.15) is 0 Å². The van der Waals surface area contributed by atoms with Crippen molar-refractivity contribution in [3.63, 3.8) is 0 Å². The third-order valence-corrected chi connectivity index (χ3v) is 5.12. The van der Waals surface area contributed by atoms with Crippen molar-refractivity contribution in [3.8, 4) is 0 Å². The van der Waals surface area contributed by atoms with Crippen molar-refractivity contribution >= 4 is 32.0 Å². The molecule has 0 fully saturated rings. The average Bonchev–Trinajstić information content (AvgIpc) is 2.72. The van der Waals surface area contributed by atoms with Crippen LogP contribution in [0.15, 0.2) is 4.76 Å². The number of nitrogens with two attached hydrogens (primary N) is 1. The van der Waals surface area contributed by atoms with Gasteiger partial charge in [-0.1, -0.05) is 27.7 Å². The van der Waals surface area contributed by atoms with Crippen molar-refractivity contribution in [2.45, 2.75) is 54.1 Å². The molecule has 2 N–H and O–H groups in total. The molecule has 0 spiro atoms. The van der Waals surface area contributed by atoms with E-state index in [4.69, 9.17) is 33.7 Å². The minimum absolute atomic E-state index is 0.0318. The van der Waals surface area contributed by atoms with Gasteiger partial charge in [0.2, 0.25) is 18.5 Å². The summed E-state index contributed by atoms with van der Waals surface area (Å²) < 4.78 is 52.6. The zero-order valence-electron chi connectivity index (χ0n) is 20.8. The van der Waals surface area contributed by atoms with E-state index in [-0.39, 0.29) is 19.8 Å². The van der Waals surface area contributed by atoms with E-state index in [0.717, 1.165) is 4.90 Å². The van der Waals surface area contributed by atoms with Crippen LogP contribution in [0.1, 0.15) is 41.5 Å². The molecular formula is C19H36N3O11P. The van der Waals surface area contributed by atoms with E-state index in [9.17, 15) is 18.9 Å². The quantitative estimate of drug-likeness (QED) is 0.0951. The maximum absolute atomic E-state index is 13.7. The zero-order valence-corrected chi connectivity index (χ0v) is 21.7. The number of hydrogen-bond acceptors (Lipinski definition) is 11. The largest absolute Gasteiger partial charge is 0.510 e. The Hall–Kier alpha value is -2.57. The molecule has 34 heavy (non-hydrogen) atoms. The number of guanidine groups is 1. The molecule has 0 amide bonds. The highest BCUT2D eigenvalue weighted by atomic mass is 31.2. The first kappa shape index (κ1) is 31.4. The maximum Gasteiger partial charge on any atom is 0.510 e. The van der Waals surface area contributed by atoms with Crippen molar-refractivity contribution in [2.75, 3.05) is 33.9 Å². The number of carbonyl (C=O) groups is 3. The second kappa shape index (κ2) is 15.4. The third-order valence-electron chi connectivity index (χ3n) is 3.72. The Balaban J connectivity index is 6.10. The lowest BCUT2D eigenvalue weighted by Gasteiger charge is -2.28. The third kappa shape index (κ3) is 12.1. The number of likely N-dealkylation sites (N-methyl/N-ethyl adjacent to an activating group) is 1. The van der Waals surface area contributed by atoms with Crippen molar-refractivity contribution in [2.24, 2.45) is 22.3 Å². The standard InChI is InChI=1S/C19H36N3O11P/c1-9-28-18(24)30-15(12(3)4)32-34(26,21-17(20)22(7)11-14(23)27-8)33-16(13(5)6)31-19(25)29-10-2/h12-13,15-16H,9-11H2,1-8H3,(H2,20,21,26). The summed E-state index contributed by atoms with van der Waals surface area (Å²) in [5.41, 5.74) is 5.88. The summed E-state index contributed by atoms with van der Waals surface area (Å²) in [6, 6.07) is 0. The van der Waals surface area contributed by atoms with Crippen LogP contribution >= 0.6 is 7.75 Å². The summed E-state index contributed by atoms with van der Waals surface area (Å²) in [6.45, 7) is 9.32. The lowest BCUT2D eigenvalue weighted by Crippen LogP contribution is -2.38. The van der Waals surface area contributed by atoms with Crippen LogP contribution in [0.25, 0.3) is 0 Å². The topological polar surface area (TPSA) is 175 Å². The number of hydrogen-bond donors (Lipinski definition) is 1. The molecule has 0 saturated heterocycles. The van der Waals surface area contributed by atoms with Gasteiger partial charge in [-0.25, -0.2) is 23.2 Å². The fraction of sp³-hybridized carbons (Fsp3) is 0.789. The van der Waals surface area contributed by atoms with E-state index in [1.807, 2.05) is 0 Å². The number of rotatable bonds is 13. The molecule has 0 saturated carbocycles. The van der Waals surface area contributed by atoms with Gasteiger partial charge in [0.1, 0.15) is 6.54 Å². The second-order valence-corrected chi connectivity index (χ2v) is 8.96. The molecule has 15 heteroatoms.